The first-order valence-electron chi connectivity index (χ1n) is 7.99. The molecule has 2 aromatic carbocycles. The van der Waals surface area contributed by atoms with E-state index in [4.69, 9.17) is 10.5 Å². The van der Waals surface area contributed by atoms with Gasteiger partial charge >= 0.3 is 0 Å². The molecular weight excluding hydrogens is 304 g/mol. The van der Waals surface area contributed by atoms with Crippen LogP contribution in [-0.4, -0.2) is 24.5 Å². The number of nitrogens with two attached hydrogens (primary N) is 1. The first kappa shape index (κ1) is 16.1. The quantitative estimate of drug-likeness (QED) is 0.939. The molecule has 0 aliphatic carbocycles. The Morgan fingerprint density at radius 3 is 2.67 bits per heavy atom. The van der Waals surface area contributed by atoms with Crippen molar-refractivity contribution < 1.29 is 14.3 Å². The number of nitrogens with zero attached hydrogens (tertiary/aromatic N) is 1. The highest BCUT2D eigenvalue weighted by Gasteiger charge is 2.28. The Kier molecular flexibility index (Phi) is 4.51. The van der Waals surface area contributed by atoms with Gasteiger partial charge in [0.05, 0.1) is 5.56 Å². The smallest absolute Gasteiger partial charge is 0.265 e. The molecule has 0 bridgehead atoms. The average molecular weight is 324 g/mol. The predicted molar refractivity (Wildman–Crippen MR) is 92.2 cm³/mol. The topological polar surface area (TPSA) is 72.6 Å². The summed E-state index contributed by atoms with van der Waals surface area (Å²) < 4.78 is 5.58. The van der Waals surface area contributed by atoms with E-state index < -0.39 is 5.91 Å². The van der Waals surface area contributed by atoms with Crippen LogP contribution in [-0.2, 0) is 11.2 Å². The first-order chi connectivity index (χ1) is 11.6. The van der Waals surface area contributed by atoms with Gasteiger partial charge < -0.3 is 15.4 Å². The largest absolute Gasteiger partial charge is 0.483 e. The summed E-state index contributed by atoms with van der Waals surface area (Å²) in [5, 5.41) is 0. The number of carbonyl (C=O) groups is 2. The third kappa shape index (κ3) is 3.11. The number of rotatable bonds is 4. The molecule has 0 aromatic heterocycles. The molecule has 0 saturated heterocycles. The highest BCUT2D eigenvalue weighted by atomic mass is 16.5. The number of fused-ring (bicyclic) bond motifs is 1. The average Bonchev–Trinajstić information content (AvgIpc) is 2.59. The maximum Gasteiger partial charge on any atom is 0.265 e. The van der Waals surface area contributed by atoms with E-state index in [2.05, 4.69) is 0 Å². The number of aryl methyl sites for hydroxylation is 1. The zero-order valence-corrected chi connectivity index (χ0v) is 13.6. The highest BCUT2D eigenvalue weighted by Crippen LogP contribution is 2.30. The van der Waals surface area contributed by atoms with Gasteiger partial charge in [-0.1, -0.05) is 30.3 Å². The second-order valence-corrected chi connectivity index (χ2v) is 5.93. The summed E-state index contributed by atoms with van der Waals surface area (Å²) >= 11 is 0. The van der Waals surface area contributed by atoms with E-state index >= 15 is 0 Å². The molecule has 5 heteroatoms. The van der Waals surface area contributed by atoms with Crippen molar-refractivity contribution in [2.45, 2.75) is 25.8 Å². The maximum atomic E-state index is 12.7. The Hall–Kier alpha value is -2.82. The zero-order chi connectivity index (χ0) is 17.1. The molecule has 2 aromatic rings. The summed E-state index contributed by atoms with van der Waals surface area (Å²) in [6, 6.07) is 14.7. The number of hydrogen-bond acceptors (Lipinski definition) is 3. The lowest BCUT2D eigenvalue weighted by atomic mass is 9.96. The van der Waals surface area contributed by atoms with E-state index in [0.29, 0.717) is 5.75 Å². The highest BCUT2D eigenvalue weighted by molar-refractivity contribution is 5.97. The van der Waals surface area contributed by atoms with Gasteiger partial charge in [0.25, 0.3) is 11.8 Å². The fourth-order valence-corrected chi connectivity index (χ4v) is 3.07. The van der Waals surface area contributed by atoms with Gasteiger partial charge in [0, 0.05) is 11.7 Å². The number of carbonyl (C=O) groups excluding carboxylic acids is 2. The van der Waals surface area contributed by atoms with Crippen molar-refractivity contribution in [2.75, 3.05) is 11.5 Å². The van der Waals surface area contributed by atoms with E-state index in [1.54, 1.807) is 29.2 Å². The Morgan fingerprint density at radius 2 is 1.88 bits per heavy atom. The predicted octanol–water partition coefficient (Wildman–Crippen LogP) is 2.53. The summed E-state index contributed by atoms with van der Waals surface area (Å²) in [5.74, 6) is -0.375. The van der Waals surface area contributed by atoms with Crippen LogP contribution in [0.3, 0.4) is 0 Å². The van der Waals surface area contributed by atoms with E-state index in [1.165, 1.54) is 5.56 Å². The van der Waals surface area contributed by atoms with Crippen LogP contribution < -0.4 is 15.4 Å². The van der Waals surface area contributed by atoms with Crippen molar-refractivity contribution in [3.05, 3.63) is 59.7 Å². The standard InChI is InChI=1S/C19H20N2O3/c1-13-10-11-14-6-2-4-8-16(14)21(13)18(22)12-24-17-9-5-3-7-15(17)19(20)23/h2-9,13H,10-12H2,1H3,(H2,20,23). The van der Waals surface area contributed by atoms with Crippen LogP contribution in [0.1, 0.15) is 29.3 Å². The SMILES string of the molecule is CC1CCc2ccccc2N1C(=O)COc1ccccc1C(N)=O. The fraction of sp³-hybridized carbons (Fsp3) is 0.263. The number of hydrogen-bond donors (Lipinski definition) is 1. The molecule has 1 heterocycles. The molecule has 2 amide bonds. The number of anilines is 1. The summed E-state index contributed by atoms with van der Waals surface area (Å²) in [7, 11) is 0. The molecule has 124 valence electrons. The van der Waals surface area contributed by atoms with E-state index in [1.807, 2.05) is 31.2 Å². The van der Waals surface area contributed by atoms with Crippen molar-refractivity contribution in [3.8, 4) is 5.75 Å². The number of amides is 2. The fourth-order valence-electron chi connectivity index (χ4n) is 3.07. The van der Waals surface area contributed by atoms with E-state index in [-0.39, 0.29) is 24.1 Å². The normalized spacial score (nSPS) is 16.4. The zero-order valence-electron chi connectivity index (χ0n) is 13.6. The molecule has 2 N–H and O–H groups in total. The van der Waals surface area contributed by atoms with Crippen LogP contribution in [0.5, 0.6) is 5.75 Å². The lowest BCUT2D eigenvalue weighted by Gasteiger charge is -2.35. The number of primary amides is 1. The second kappa shape index (κ2) is 6.74. The molecule has 0 spiro atoms. The monoisotopic (exact) mass is 324 g/mol. The third-order valence-corrected chi connectivity index (χ3v) is 4.30. The Bertz CT molecular complexity index is 773. The van der Waals surface area contributed by atoms with Gasteiger partial charge in [-0.15, -0.1) is 0 Å². The molecular formula is C19H20N2O3. The Morgan fingerprint density at radius 1 is 1.17 bits per heavy atom. The van der Waals surface area contributed by atoms with Crippen LogP contribution in [0.2, 0.25) is 0 Å². The van der Waals surface area contributed by atoms with Gasteiger partial charge in [0.2, 0.25) is 0 Å². The third-order valence-electron chi connectivity index (χ3n) is 4.30. The van der Waals surface area contributed by atoms with Crippen LogP contribution in [0.15, 0.2) is 48.5 Å². The van der Waals surface area contributed by atoms with Crippen LogP contribution in [0, 0.1) is 0 Å². The summed E-state index contributed by atoms with van der Waals surface area (Å²) in [5.41, 5.74) is 7.72. The van der Waals surface area contributed by atoms with E-state index in [0.717, 1.165) is 18.5 Å². The number of benzene rings is 2. The van der Waals surface area contributed by atoms with Crippen molar-refractivity contribution in [1.29, 1.82) is 0 Å². The molecule has 1 unspecified atom stereocenters. The molecule has 1 aliphatic rings. The molecule has 1 aliphatic heterocycles. The minimum atomic E-state index is -0.574. The van der Waals surface area contributed by atoms with Gasteiger partial charge in [0.1, 0.15) is 5.75 Å². The molecule has 0 fully saturated rings. The molecule has 24 heavy (non-hydrogen) atoms. The van der Waals surface area contributed by atoms with Crippen LogP contribution >= 0.6 is 0 Å². The van der Waals surface area contributed by atoms with Gasteiger partial charge in [-0.2, -0.15) is 0 Å². The van der Waals surface area contributed by atoms with E-state index in [9.17, 15) is 9.59 Å². The van der Waals surface area contributed by atoms with Gasteiger partial charge in [-0.05, 0) is 43.5 Å². The summed E-state index contributed by atoms with van der Waals surface area (Å²) in [4.78, 5) is 25.9. The molecule has 0 saturated carbocycles. The molecule has 5 nitrogen and oxygen atoms in total. The number of para-hydroxylation sites is 2. The maximum absolute atomic E-state index is 12.7. The first-order valence-corrected chi connectivity index (χ1v) is 7.99. The number of ether oxygens (including phenoxy) is 1. The summed E-state index contributed by atoms with van der Waals surface area (Å²) in [6.45, 7) is 1.90. The minimum absolute atomic E-state index is 0.113. The molecule has 3 rings (SSSR count). The molecule has 1 atom stereocenters. The lowest BCUT2D eigenvalue weighted by Crippen LogP contribution is -2.44. The van der Waals surface area contributed by atoms with Crippen molar-refractivity contribution in [3.63, 3.8) is 0 Å². The second-order valence-electron chi connectivity index (χ2n) is 5.93. The lowest BCUT2D eigenvalue weighted by molar-refractivity contribution is -0.121. The van der Waals surface area contributed by atoms with Gasteiger partial charge in [-0.3, -0.25) is 9.59 Å². The van der Waals surface area contributed by atoms with Gasteiger partial charge in [-0.25, -0.2) is 0 Å². The van der Waals surface area contributed by atoms with Crippen molar-refractivity contribution in [2.24, 2.45) is 5.73 Å². The van der Waals surface area contributed by atoms with Crippen molar-refractivity contribution >= 4 is 17.5 Å². The Labute approximate surface area is 141 Å². The Balaban J connectivity index is 1.78. The minimum Gasteiger partial charge on any atom is -0.483 e. The molecule has 0 radical (unpaired) electrons. The van der Waals surface area contributed by atoms with Crippen LogP contribution in [0.4, 0.5) is 5.69 Å². The summed E-state index contributed by atoms with van der Waals surface area (Å²) in [6.07, 6.45) is 1.88. The van der Waals surface area contributed by atoms with Gasteiger partial charge in [0.15, 0.2) is 6.61 Å². The van der Waals surface area contributed by atoms with Crippen LogP contribution in [0.25, 0.3) is 0 Å². The van der Waals surface area contributed by atoms with Crippen molar-refractivity contribution in [1.82, 2.24) is 0 Å².